The number of primary amides is 1. The average molecular weight is 428 g/mol. The summed E-state index contributed by atoms with van der Waals surface area (Å²) in [7, 11) is -2.84. The molecule has 0 aromatic heterocycles. The van der Waals surface area contributed by atoms with Crippen molar-refractivity contribution in [1.29, 1.82) is 0 Å². The quantitative estimate of drug-likeness (QED) is 0.596. The molecule has 3 aromatic carbocycles. The highest BCUT2D eigenvalue weighted by molar-refractivity contribution is 7.89. The summed E-state index contributed by atoms with van der Waals surface area (Å²) in [6, 6.07) is 19.2. The first-order chi connectivity index (χ1) is 14.3. The predicted molar refractivity (Wildman–Crippen MR) is 111 cm³/mol. The van der Waals surface area contributed by atoms with E-state index in [1.165, 1.54) is 49.5 Å². The standard InChI is InChI=1S/C22H21FN2O4S/c1-25(21(22(24)26)17-8-5-9-18(23)14-17)30(27,28)20-12-10-19(11-13-20)29-15-16-6-3-2-4-7-16/h2-14,21H,15H2,1H3,(H2,24,26). The monoisotopic (exact) mass is 428 g/mol. The number of hydrogen-bond acceptors (Lipinski definition) is 4. The van der Waals surface area contributed by atoms with Crippen LogP contribution in [-0.4, -0.2) is 25.7 Å². The van der Waals surface area contributed by atoms with Crippen LogP contribution in [0.2, 0.25) is 0 Å². The molecular formula is C22H21FN2O4S. The van der Waals surface area contributed by atoms with Gasteiger partial charge in [0, 0.05) is 7.05 Å². The molecule has 0 bridgehead atoms. The fourth-order valence-electron chi connectivity index (χ4n) is 2.98. The fourth-order valence-corrected chi connectivity index (χ4v) is 4.30. The molecule has 0 radical (unpaired) electrons. The lowest BCUT2D eigenvalue weighted by atomic mass is 10.1. The summed E-state index contributed by atoms with van der Waals surface area (Å²) in [5.74, 6) is -1.00. The van der Waals surface area contributed by atoms with Crippen molar-refractivity contribution in [2.24, 2.45) is 5.73 Å². The molecule has 0 saturated heterocycles. The highest BCUT2D eigenvalue weighted by Crippen LogP contribution is 2.27. The number of hydrogen-bond donors (Lipinski definition) is 1. The number of likely N-dealkylation sites (N-methyl/N-ethyl adjacent to an activating group) is 1. The number of sulfonamides is 1. The molecule has 1 amide bonds. The molecule has 3 aromatic rings. The molecule has 2 N–H and O–H groups in total. The van der Waals surface area contributed by atoms with E-state index in [0.29, 0.717) is 12.4 Å². The Morgan fingerprint density at radius 2 is 1.70 bits per heavy atom. The van der Waals surface area contributed by atoms with Crippen LogP contribution in [0.25, 0.3) is 0 Å². The summed E-state index contributed by atoms with van der Waals surface area (Å²) < 4.78 is 46.1. The third-order valence-electron chi connectivity index (χ3n) is 4.55. The number of ether oxygens (including phenoxy) is 1. The Bertz CT molecular complexity index is 1120. The Balaban J connectivity index is 1.80. The van der Waals surface area contributed by atoms with E-state index in [1.54, 1.807) is 0 Å². The van der Waals surface area contributed by atoms with E-state index in [9.17, 15) is 17.6 Å². The molecule has 156 valence electrons. The van der Waals surface area contributed by atoms with Crippen LogP contribution in [0, 0.1) is 5.82 Å². The van der Waals surface area contributed by atoms with Crippen molar-refractivity contribution in [3.8, 4) is 5.75 Å². The molecule has 8 heteroatoms. The fraction of sp³-hybridized carbons (Fsp3) is 0.136. The second kappa shape index (κ2) is 9.06. The van der Waals surface area contributed by atoms with E-state index in [2.05, 4.69) is 0 Å². The first-order valence-electron chi connectivity index (χ1n) is 9.08. The zero-order chi connectivity index (χ0) is 21.7. The molecule has 0 heterocycles. The third-order valence-corrected chi connectivity index (χ3v) is 6.38. The van der Waals surface area contributed by atoms with Gasteiger partial charge in [-0.3, -0.25) is 4.79 Å². The Kier molecular flexibility index (Phi) is 6.49. The molecule has 6 nitrogen and oxygen atoms in total. The number of nitrogens with two attached hydrogens (primary N) is 1. The zero-order valence-corrected chi connectivity index (χ0v) is 17.1. The average Bonchev–Trinajstić information content (AvgIpc) is 2.73. The van der Waals surface area contributed by atoms with Crippen molar-refractivity contribution < 1.29 is 22.3 Å². The molecule has 1 atom stereocenters. The lowest BCUT2D eigenvalue weighted by molar-refractivity contribution is -0.121. The largest absolute Gasteiger partial charge is 0.489 e. The smallest absolute Gasteiger partial charge is 0.243 e. The summed E-state index contributed by atoms with van der Waals surface area (Å²) in [6.45, 7) is 0.343. The Labute approximate surface area is 174 Å². The summed E-state index contributed by atoms with van der Waals surface area (Å²) in [5.41, 5.74) is 6.56. The predicted octanol–water partition coefficient (Wildman–Crippen LogP) is 3.25. The molecule has 3 rings (SSSR count). The minimum Gasteiger partial charge on any atom is -0.489 e. The van der Waals surface area contributed by atoms with Crippen molar-refractivity contribution in [3.05, 3.63) is 95.8 Å². The highest BCUT2D eigenvalue weighted by Gasteiger charge is 2.33. The Morgan fingerprint density at radius 3 is 2.30 bits per heavy atom. The maximum atomic E-state index is 13.6. The maximum Gasteiger partial charge on any atom is 0.243 e. The van der Waals surface area contributed by atoms with Crippen molar-refractivity contribution in [2.45, 2.75) is 17.5 Å². The number of halogens is 1. The number of carbonyl (C=O) groups is 1. The molecular weight excluding hydrogens is 407 g/mol. The molecule has 0 aliphatic carbocycles. The van der Waals surface area contributed by atoms with Gasteiger partial charge >= 0.3 is 0 Å². The van der Waals surface area contributed by atoms with E-state index in [-0.39, 0.29) is 10.5 Å². The zero-order valence-electron chi connectivity index (χ0n) is 16.2. The van der Waals surface area contributed by atoms with Crippen LogP contribution in [0.5, 0.6) is 5.75 Å². The minimum atomic E-state index is -4.07. The van der Waals surface area contributed by atoms with Gasteiger partial charge in [0.2, 0.25) is 15.9 Å². The normalized spacial score (nSPS) is 12.5. The Morgan fingerprint density at radius 1 is 1.03 bits per heavy atom. The van der Waals surface area contributed by atoms with Crippen LogP contribution in [0.1, 0.15) is 17.2 Å². The second-order valence-electron chi connectivity index (χ2n) is 6.63. The Hall–Kier alpha value is -3.23. The third kappa shape index (κ3) is 4.84. The molecule has 0 fully saturated rings. The number of amides is 1. The van der Waals surface area contributed by atoms with Crippen LogP contribution < -0.4 is 10.5 Å². The summed E-state index contributed by atoms with van der Waals surface area (Å²) in [6.07, 6.45) is 0. The maximum absolute atomic E-state index is 13.6. The first-order valence-corrected chi connectivity index (χ1v) is 10.5. The van der Waals surface area contributed by atoms with Crippen molar-refractivity contribution >= 4 is 15.9 Å². The van der Waals surface area contributed by atoms with Crippen molar-refractivity contribution in [3.63, 3.8) is 0 Å². The van der Waals surface area contributed by atoms with Gasteiger partial charge in [0.15, 0.2) is 0 Å². The lowest BCUT2D eigenvalue weighted by Gasteiger charge is -2.25. The van der Waals surface area contributed by atoms with E-state index in [1.807, 2.05) is 30.3 Å². The van der Waals surface area contributed by atoms with Crippen LogP contribution in [-0.2, 0) is 21.4 Å². The molecule has 30 heavy (non-hydrogen) atoms. The number of rotatable bonds is 8. The highest BCUT2D eigenvalue weighted by atomic mass is 32.2. The second-order valence-corrected chi connectivity index (χ2v) is 8.62. The summed E-state index contributed by atoms with van der Waals surface area (Å²) in [4.78, 5) is 11.9. The summed E-state index contributed by atoms with van der Waals surface area (Å²) >= 11 is 0. The number of carbonyl (C=O) groups excluding carboxylic acids is 1. The van der Waals surface area contributed by atoms with Gasteiger partial charge in [0.05, 0.1) is 4.90 Å². The van der Waals surface area contributed by atoms with Crippen LogP contribution >= 0.6 is 0 Å². The van der Waals surface area contributed by atoms with Gasteiger partial charge in [-0.05, 0) is 47.5 Å². The molecule has 1 unspecified atom stereocenters. The first kappa shape index (κ1) is 21.5. The van der Waals surface area contributed by atoms with E-state index in [0.717, 1.165) is 15.9 Å². The topological polar surface area (TPSA) is 89.7 Å². The molecule has 0 aliphatic rings. The van der Waals surface area contributed by atoms with Crippen molar-refractivity contribution in [1.82, 2.24) is 4.31 Å². The molecule has 0 spiro atoms. The van der Waals surface area contributed by atoms with Gasteiger partial charge in [-0.15, -0.1) is 0 Å². The van der Waals surface area contributed by atoms with Crippen LogP contribution in [0.15, 0.2) is 83.8 Å². The van der Waals surface area contributed by atoms with E-state index in [4.69, 9.17) is 10.5 Å². The van der Waals surface area contributed by atoms with Crippen molar-refractivity contribution in [2.75, 3.05) is 7.05 Å². The molecule has 0 aliphatic heterocycles. The van der Waals surface area contributed by atoms with Crippen LogP contribution in [0.3, 0.4) is 0 Å². The van der Waals surface area contributed by atoms with Gasteiger partial charge in [0.25, 0.3) is 0 Å². The van der Waals surface area contributed by atoms with Crippen LogP contribution in [0.4, 0.5) is 4.39 Å². The summed E-state index contributed by atoms with van der Waals surface area (Å²) in [5, 5.41) is 0. The van der Waals surface area contributed by atoms with E-state index < -0.39 is 27.8 Å². The van der Waals surface area contributed by atoms with Gasteiger partial charge in [-0.25, -0.2) is 12.8 Å². The minimum absolute atomic E-state index is 0.0419. The number of nitrogens with zero attached hydrogens (tertiary/aromatic N) is 1. The number of benzene rings is 3. The molecule has 0 saturated carbocycles. The van der Waals surface area contributed by atoms with Gasteiger partial charge in [-0.1, -0.05) is 42.5 Å². The van der Waals surface area contributed by atoms with Gasteiger partial charge in [-0.2, -0.15) is 4.31 Å². The van der Waals surface area contributed by atoms with Gasteiger partial charge in [0.1, 0.15) is 24.2 Å². The van der Waals surface area contributed by atoms with Gasteiger partial charge < -0.3 is 10.5 Å². The SMILES string of the molecule is CN(C(C(N)=O)c1cccc(F)c1)S(=O)(=O)c1ccc(OCc2ccccc2)cc1. The lowest BCUT2D eigenvalue weighted by Crippen LogP contribution is -2.39. The van der Waals surface area contributed by atoms with E-state index >= 15 is 0 Å².